The van der Waals surface area contributed by atoms with Crippen LogP contribution in [0.25, 0.3) is 0 Å². The maximum Gasteiger partial charge on any atom is 0.139 e. The minimum absolute atomic E-state index is 0.724. The lowest BCUT2D eigenvalue weighted by molar-refractivity contribution is 1.03. The molecule has 0 atom stereocenters. The maximum absolute atomic E-state index is 5.96. The van der Waals surface area contributed by atoms with Gasteiger partial charge in [0, 0.05) is 21.2 Å². The van der Waals surface area contributed by atoms with E-state index < -0.39 is 0 Å². The summed E-state index contributed by atoms with van der Waals surface area (Å²) in [4.78, 5) is 8.79. The van der Waals surface area contributed by atoms with Gasteiger partial charge in [0.2, 0.25) is 0 Å². The summed E-state index contributed by atoms with van der Waals surface area (Å²) in [6.07, 6.45) is 0. The van der Waals surface area contributed by atoms with Gasteiger partial charge in [0.1, 0.15) is 17.5 Å². The molecule has 0 saturated carbocycles. The summed E-state index contributed by atoms with van der Waals surface area (Å²) in [6.45, 7) is 3.86. The van der Waals surface area contributed by atoms with Crippen molar-refractivity contribution >= 4 is 51.5 Å². The van der Waals surface area contributed by atoms with Crippen molar-refractivity contribution in [2.24, 2.45) is 0 Å². The highest BCUT2D eigenvalue weighted by Crippen LogP contribution is 2.28. The summed E-state index contributed by atoms with van der Waals surface area (Å²) in [5.74, 6) is 2.36. The Hall–Kier alpha value is -1.08. The first-order valence-corrected chi connectivity index (χ1v) is 7.22. The molecule has 0 saturated heterocycles. The Bertz CT molecular complexity index is 616. The van der Waals surface area contributed by atoms with Crippen molar-refractivity contribution in [1.29, 1.82) is 0 Å². The first kappa shape index (κ1) is 14.3. The summed E-state index contributed by atoms with van der Waals surface area (Å²) in [7, 11) is 1.85. The zero-order valence-electron chi connectivity index (χ0n) is 10.9. The highest BCUT2D eigenvalue weighted by Gasteiger charge is 2.09. The van der Waals surface area contributed by atoms with Crippen LogP contribution in [0.2, 0.25) is 5.02 Å². The number of nitrogens with zero attached hydrogens (tertiary/aromatic N) is 2. The van der Waals surface area contributed by atoms with Crippen molar-refractivity contribution in [1.82, 2.24) is 9.97 Å². The van der Waals surface area contributed by atoms with E-state index in [2.05, 4.69) is 43.2 Å². The maximum atomic E-state index is 5.96. The second-order valence-corrected chi connectivity index (χ2v) is 5.69. The second kappa shape index (κ2) is 5.92. The smallest absolute Gasteiger partial charge is 0.139 e. The average molecular weight is 389 g/mol. The third-order valence-corrected chi connectivity index (χ3v) is 3.81. The van der Waals surface area contributed by atoms with E-state index in [1.165, 1.54) is 0 Å². The Morgan fingerprint density at radius 1 is 1.16 bits per heavy atom. The second-order valence-electron chi connectivity index (χ2n) is 4.09. The molecule has 0 radical (unpaired) electrons. The lowest BCUT2D eigenvalue weighted by atomic mass is 10.2. The summed E-state index contributed by atoms with van der Waals surface area (Å²) < 4.78 is 1.05. The fourth-order valence-corrected chi connectivity index (χ4v) is 2.72. The van der Waals surface area contributed by atoms with Gasteiger partial charge in [-0.05, 0) is 54.6 Å². The molecule has 1 aromatic heterocycles. The van der Waals surface area contributed by atoms with Gasteiger partial charge >= 0.3 is 0 Å². The minimum Gasteiger partial charge on any atom is -0.373 e. The quantitative estimate of drug-likeness (QED) is 0.776. The number of aromatic nitrogens is 2. The number of rotatable bonds is 3. The van der Waals surface area contributed by atoms with Crippen LogP contribution in [0.1, 0.15) is 11.4 Å². The van der Waals surface area contributed by atoms with Crippen molar-refractivity contribution in [3.8, 4) is 0 Å². The van der Waals surface area contributed by atoms with Crippen molar-refractivity contribution in [2.75, 3.05) is 17.7 Å². The Labute approximate surface area is 131 Å². The zero-order valence-corrected chi connectivity index (χ0v) is 13.8. The number of hydrogen-bond donors (Lipinski definition) is 2. The van der Waals surface area contributed by atoms with Crippen molar-refractivity contribution < 1.29 is 0 Å². The van der Waals surface area contributed by atoms with Gasteiger partial charge in [0.15, 0.2) is 0 Å². The molecule has 1 heterocycles. The van der Waals surface area contributed by atoms with Gasteiger partial charge < -0.3 is 10.6 Å². The molecule has 0 fully saturated rings. The van der Waals surface area contributed by atoms with E-state index in [1.807, 2.05) is 39.1 Å². The van der Waals surface area contributed by atoms with Gasteiger partial charge in [-0.2, -0.15) is 0 Å². The predicted octanol–water partition coefficient (Wildman–Crippen LogP) is 4.14. The van der Waals surface area contributed by atoms with Crippen LogP contribution in [0.15, 0.2) is 18.2 Å². The highest BCUT2D eigenvalue weighted by molar-refractivity contribution is 14.1. The number of benzene rings is 1. The molecule has 1 aromatic carbocycles. The van der Waals surface area contributed by atoms with Crippen LogP contribution in [0.4, 0.5) is 17.3 Å². The molecule has 0 aliphatic carbocycles. The number of aryl methyl sites for hydroxylation is 1. The number of hydrogen-bond acceptors (Lipinski definition) is 4. The largest absolute Gasteiger partial charge is 0.373 e. The van der Waals surface area contributed by atoms with E-state index >= 15 is 0 Å². The fourth-order valence-electron chi connectivity index (χ4n) is 1.71. The average Bonchev–Trinajstić information content (AvgIpc) is 2.36. The van der Waals surface area contributed by atoms with Crippen LogP contribution in [0.3, 0.4) is 0 Å². The van der Waals surface area contributed by atoms with E-state index in [0.717, 1.165) is 37.3 Å². The van der Waals surface area contributed by atoms with Gasteiger partial charge in [0.25, 0.3) is 0 Å². The van der Waals surface area contributed by atoms with Crippen molar-refractivity contribution in [3.63, 3.8) is 0 Å². The van der Waals surface area contributed by atoms with Crippen LogP contribution in [-0.2, 0) is 0 Å². The monoisotopic (exact) mass is 388 g/mol. The number of nitrogens with one attached hydrogen (secondary N) is 2. The molecule has 0 unspecified atom stereocenters. The molecule has 0 aliphatic heterocycles. The summed E-state index contributed by atoms with van der Waals surface area (Å²) in [5.41, 5.74) is 1.96. The lowest BCUT2D eigenvalue weighted by Gasteiger charge is -2.13. The molecule has 0 spiro atoms. The van der Waals surface area contributed by atoms with Crippen LogP contribution in [-0.4, -0.2) is 17.0 Å². The Kier molecular flexibility index (Phi) is 4.46. The molecular formula is C13H14ClIN4. The van der Waals surface area contributed by atoms with Gasteiger partial charge in [0.05, 0.1) is 5.69 Å². The molecule has 0 bridgehead atoms. The molecule has 2 aromatic rings. The van der Waals surface area contributed by atoms with Crippen molar-refractivity contribution in [2.45, 2.75) is 13.8 Å². The minimum atomic E-state index is 0.724. The summed E-state index contributed by atoms with van der Waals surface area (Å²) in [6, 6.07) is 5.71. The van der Waals surface area contributed by atoms with Gasteiger partial charge in [-0.25, -0.2) is 9.97 Å². The summed E-state index contributed by atoms with van der Waals surface area (Å²) >= 11 is 8.20. The molecule has 4 nitrogen and oxygen atoms in total. The third-order valence-electron chi connectivity index (χ3n) is 2.68. The molecule has 0 aliphatic rings. The third kappa shape index (κ3) is 3.27. The van der Waals surface area contributed by atoms with Crippen LogP contribution < -0.4 is 10.6 Å². The number of anilines is 3. The van der Waals surface area contributed by atoms with Crippen LogP contribution in [0, 0.1) is 17.4 Å². The molecule has 19 heavy (non-hydrogen) atoms. The topological polar surface area (TPSA) is 49.8 Å². The molecule has 100 valence electrons. The van der Waals surface area contributed by atoms with Crippen LogP contribution in [0.5, 0.6) is 0 Å². The Balaban J connectivity index is 2.40. The van der Waals surface area contributed by atoms with E-state index in [1.54, 1.807) is 0 Å². The predicted molar refractivity (Wildman–Crippen MR) is 88.5 cm³/mol. The molecular weight excluding hydrogens is 375 g/mol. The summed E-state index contributed by atoms with van der Waals surface area (Å²) in [5, 5.41) is 7.12. The van der Waals surface area contributed by atoms with E-state index in [4.69, 9.17) is 11.6 Å². The SMILES string of the molecule is CNc1nc(C)nc(Nc2ccc(Cl)cc2I)c1C. The van der Waals surface area contributed by atoms with Crippen molar-refractivity contribution in [3.05, 3.63) is 38.2 Å². The Morgan fingerprint density at radius 3 is 2.47 bits per heavy atom. The molecule has 2 rings (SSSR count). The van der Waals surface area contributed by atoms with E-state index in [9.17, 15) is 0 Å². The normalized spacial score (nSPS) is 10.4. The van der Waals surface area contributed by atoms with E-state index in [0.29, 0.717) is 0 Å². The Morgan fingerprint density at radius 2 is 1.84 bits per heavy atom. The number of halogens is 2. The standard InChI is InChI=1S/C13H14ClIN4/c1-7-12(16-3)17-8(2)18-13(7)19-11-5-4-9(14)6-10(11)15/h4-6H,1-3H3,(H2,16,17,18,19). The van der Waals surface area contributed by atoms with E-state index in [-0.39, 0.29) is 0 Å². The first-order valence-electron chi connectivity index (χ1n) is 5.76. The molecule has 0 amide bonds. The van der Waals surface area contributed by atoms with Crippen LogP contribution >= 0.6 is 34.2 Å². The van der Waals surface area contributed by atoms with Gasteiger partial charge in [-0.3, -0.25) is 0 Å². The van der Waals surface area contributed by atoms with Gasteiger partial charge in [-0.1, -0.05) is 11.6 Å². The zero-order chi connectivity index (χ0) is 14.0. The molecule has 6 heteroatoms. The molecule has 2 N–H and O–H groups in total. The first-order chi connectivity index (χ1) is 9.01. The van der Waals surface area contributed by atoms with Gasteiger partial charge in [-0.15, -0.1) is 0 Å². The highest BCUT2D eigenvalue weighted by atomic mass is 127. The fraction of sp³-hybridized carbons (Fsp3) is 0.231. The lowest BCUT2D eigenvalue weighted by Crippen LogP contribution is -2.05.